The van der Waals surface area contributed by atoms with E-state index in [9.17, 15) is 0 Å². The van der Waals surface area contributed by atoms with E-state index in [0.29, 0.717) is 0 Å². The van der Waals surface area contributed by atoms with Gasteiger partial charge in [0.2, 0.25) is 0 Å². The molecule has 0 aliphatic carbocycles. The van der Waals surface area contributed by atoms with Crippen molar-refractivity contribution in [3.8, 4) is 66.8 Å². The van der Waals surface area contributed by atoms with Crippen molar-refractivity contribution < 1.29 is 0 Å². The second-order valence-corrected chi connectivity index (χ2v) is 27.5. The van der Waals surface area contributed by atoms with Crippen LogP contribution in [0.5, 0.6) is 0 Å². The molecule has 20 aromatic rings. The molecule has 496 valence electrons. The third-order valence-corrected chi connectivity index (χ3v) is 21.3. The molecule has 0 atom stereocenters. The summed E-state index contributed by atoms with van der Waals surface area (Å²) in [7, 11) is 0. The minimum atomic E-state index is 1.11. The number of fused-ring (bicyclic) bond motifs is 8. The van der Waals surface area contributed by atoms with E-state index >= 15 is 0 Å². The van der Waals surface area contributed by atoms with E-state index in [0.717, 1.165) is 34.1 Å². The summed E-state index contributed by atoms with van der Waals surface area (Å²) in [6, 6.07) is 155. The minimum absolute atomic E-state index is 1.11. The smallest absolute Gasteiger partial charge is 0.0540 e. The molecule has 0 heterocycles. The van der Waals surface area contributed by atoms with Crippen molar-refractivity contribution in [1.82, 2.24) is 0 Å². The Hall–Kier alpha value is -13.9. The lowest BCUT2D eigenvalue weighted by atomic mass is 9.92. The predicted molar refractivity (Wildman–Crippen MR) is 455 cm³/mol. The van der Waals surface area contributed by atoms with E-state index in [2.05, 4.69) is 434 Å². The Labute approximate surface area is 617 Å². The van der Waals surface area contributed by atoms with E-state index in [1.54, 1.807) is 0 Å². The van der Waals surface area contributed by atoms with Crippen LogP contribution in [-0.2, 0) is 0 Å². The molecule has 2 nitrogen and oxygen atoms in total. The highest BCUT2D eigenvalue weighted by Crippen LogP contribution is 2.46. The molecule has 0 N–H and O–H groups in total. The number of anilines is 6. The molecule has 2 heteroatoms. The van der Waals surface area contributed by atoms with Gasteiger partial charge in [0.1, 0.15) is 0 Å². The fraction of sp³-hybridized carbons (Fsp3) is 0. The van der Waals surface area contributed by atoms with Gasteiger partial charge in [0.05, 0.1) is 5.69 Å². The van der Waals surface area contributed by atoms with Crippen molar-refractivity contribution in [2.24, 2.45) is 0 Å². The lowest BCUT2D eigenvalue weighted by Gasteiger charge is -2.28. The molecular weight excluding hydrogens is 1280 g/mol. The fourth-order valence-corrected chi connectivity index (χ4v) is 16.0. The van der Waals surface area contributed by atoms with Crippen LogP contribution in [0.25, 0.3) is 153 Å². The van der Waals surface area contributed by atoms with Gasteiger partial charge >= 0.3 is 0 Å². The number of benzene rings is 20. The van der Waals surface area contributed by atoms with Gasteiger partial charge in [0, 0.05) is 33.8 Å². The Kier molecular flexibility index (Phi) is 16.3. The highest BCUT2D eigenvalue weighted by molar-refractivity contribution is 6.14. The van der Waals surface area contributed by atoms with Gasteiger partial charge < -0.3 is 9.80 Å². The van der Waals surface area contributed by atoms with E-state index < -0.39 is 0 Å². The molecule has 0 bridgehead atoms. The van der Waals surface area contributed by atoms with Crippen LogP contribution in [-0.4, -0.2) is 0 Å². The van der Waals surface area contributed by atoms with Crippen molar-refractivity contribution in [3.05, 3.63) is 425 Å². The molecule has 0 aliphatic rings. The first-order chi connectivity index (χ1) is 52.5. The van der Waals surface area contributed by atoms with Crippen LogP contribution in [0.2, 0.25) is 0 Å². The second-order valence-electron chi connectivity index (χ2n) is 27.5. The van der Waals surface area contributed by atoms with Crippen molar-refractivity contribution in [2.45, 2.75) is 0 Å². The molecule has 106 heavy (non-hydrogen) atoms. The summed E-state index contributed by atoms with van der Waals surface area (Å²) >= 11 is 0. The van der Waals surface area contributed by atoms with Gasteiger partial charge in [-0.2, -0.15) is 0 Å². The van der Waals surface area contributed by atoms with Gasteiger partial charge in [-0.15, -0.1) is 0 Å². The molecule has 0 amide bonds. The van der Waals surface area contributed by atoms with Gasteiger partial charge in [-0.3, -0.25) is 0 Å². The zero-order chi connectivity index (χ0) is 70.3. The van der Waals surface area contributed by atoms with E-state index in [4.69, 9.17) is 0 Å². The van der Waals surface area contributed by atoms with Gasteiger partial charge in [-0.25, -0.2) is 0 Å². The highest BCUT2D eigenvalue weighted by atomic mass is 15.1. The van der Waals surface area contributed by atoms with Gasteiger partial charge in [0.15, 0.2) is 0 Å². The summed E-state index contributed by atoms with van der Waals surface area (Å²) in [4.78, 5) is 4.77. The van der Waals surface area contributed by atoms with Crippen molar-refractivity contribution in [3.63, 3.8) is 0 Å². The Balaban J connectivity index is 0.000000145. The third kappa shape index (κ3) is 11.9. The Bertz CT molecular complexity index is 6360. The molecule has 0 radical (unpaired) electrons. The van der Waals surface area contributed by atoms with Crippen LogP contribution in [0.4, 0.5) is 34.1 Å². The Morgan fingerprint density at radius 2 is 0.425 bits per heavy atom. The topological polar surface area (TPSA) is 6.48 Å². The average Bonchev–Trinajstić information content (AvgIpc) is 0.754. The van der Waals surface area contributed by atoms with Crippen molar-refractivity contribution in [1.29, 1.82) is 0 Å². The Morgan fingerprint density at radius 1 is 0.132 bits per heavy atom. The van der Waals surface area contributed by atoms with Gasteiger partial charge in [-0.05, 0) is 232 Å². The standard InChI is InChI=1S/2C52H35N/c1-4-18-43-36(12-1)15-9-23-45(43)39-26-30-41(31-27-39)53(42-32-28-40(29-33-42)46-24-10-16-37-13-2-5-19-44(37)46)52-35-34-50(49-21-7-8-22-51(49)52)48-25-11-17-38-14-3-6-20-47(38)48;1-3-11-41-33-43(19-17-36(41)9-1)38-21-27-47(28-22-38)53(48-29-23-39(24-30-48)44-20-18-37-10-2-4-12-42(37)34-44)49-31-25-40(26-32-49)52-50-15-7-5-13-45(50)35-46-14-6-8-16-51(46)52/h2*1-35H. The maximum absolute atomic E-state index is 2.41. The second kappa shape index (κ2) is 27.5. The van der Waals surface area contributed by atoms with Crippen LogP contribution in [0.3, 0.4) is 0 Å². The van der Waals surface area contributed by atoms with Crippen LogP contribution < -0.4 is 9.80 Å². The molecule has 0 unspecified atom stereocenters. The number of rotatable bonds is 12. The SMILES string of the molecule is c1ccc2c(-c3ccc(N(c4ccc(-c5cccc6ccccc56)cc4)c4ccc(-c5cccc6ccccc56)c5ccccc45)cc3)cccc2c1.c1ccc2cc(-c3ccc(N(c4ccc(-c5ccc6ccccc6c5)cc4)c4ccc(-c5c6ccccc6cc6ccccc56)cc4)cc3)ccc2c1. The first-order valence-corrected chi connectivity index (χ1v) is 36.5. The largest absolute Gasteiger partial charge is 0.311 e. The van der Waals surface area contributed by atoms with E-state index in [1.165, 1.54) is 153 Å². The van der Waals surface area contributed by atoms with E-state index in [1.807, 2.05) is 0 Å². The monoisotopic (exact) mass is 1350 g/mol. The molecule has 0 saturated carbocycles. The normalized spacial score (nSPS) is 11.4. The predicted octanol–water partition coefficient (Wildman–Crippen LogP) is 29.5. The number of hydrogen-bond donors (Lipinski definition) is 0. The molecule has 0 fully saturated rings. The highest BCUT2D eigenvalue weighted by Gasteiger charge is 2.21. The van der Waals surface area contributed by atoms with E-state index in [-0.39, 0.29) is 0 Å². The lowest BCUT2D eigenvalue weighted by molar-refractivity contribution is 1.28. The number of nitrogens with zero attached hydrogens (tertiary/aromatic N) is 2. The van der Waals surface area contributed by atoms with Crippen molar-refractivity contribution in [2.75, 3.05) is 9.80 Å². The Morgan fingerprint density at radius 3 is 0.858 bits per heavy atom. The third-order valence-electron chi connectivity index (χ3n) is 21.3. The summed E-state index contributed by atoms with van der Waals surface area (Å²) in [5, 5.41) is 20.0. The molecule has 0 aromatic heterocycles. The number of hydrogen-bond acceptors (Lipinski definition) is 2. The average molecular weight is 1350 g/mol. The zero-order valence-corrected chi connectivity index (χ0v) is 58.3. The summed E-state index contributed by atoms with van der Waals surface area (Å²) in [5.74, 6) is 0. The van der Waals surface area contributed by atoms with Crippen LogP contribution in [0.15, 0.2) is 425 Å². The summed E-state index contributed by atoms with van der Waals surface area (Å²) in [6.45, 7) is 0. The first-order valence-electron chi connectivity index (χ1n) is 36.5. The molecule has 0 saturated heterocycles. The van der Waals surface area contributed by atoms with Crippen molar-refractivity contribution >= 4 is 120 Å². The fourth-order valence-electron chi connectivity index (χ4n) is 16.0. The van der Waals surface area contributed by atoms with Gasteiger partial charge in [-0.1, -0.05) is 340 Å². The lowest BCUT2D eigenvalue weighted by Crippen LogP contribution is -2.10. The maximum Gasteiger partial charge on any atom is 0.0540 e. The zero-order valence-electron chi connectivity index (χ0n) is 58.3. The molecule has 0 spiro atoms. The van der Waals surface area contributed by atoms with Crippen LogP contribution >= 0.6 is 0 Å². The summed E-state index contributed by atoms with van der Waals surface area (Å²) in [6.07, 6.45) is 0. The summed E-state index contributed by atoms with van der Waals surface area (Å²) in [5.41, 5.74) is 21.4. The van der Waals surface area contributed by atoms with Crippen LogP contribution in [0.1, 0.15) is 0 Å². The molecule has 0 aliphatic heterocycles. The van der Waals surface area contributed by atoms with Crippen LogP contribution in [0, 0.1) is 0 Å². The minimum Gasteiger partial charge on any atom is -0.311 e. The maximum atomic E-state index is 2.41. The quantitative estimate of drug-likeness (QED) is 0.113. The molecule has 20 rings (SSSR count). The first kappa shape index (κ1) is 63.0. The molecular formula is C104H70N2. The summed E-state index contributed by atoms with van der Waals surface area (Å²) < 4.78 is 0. The van der Waals surface area contributed by atoms with Gasteiger partial charge in [0.25, 0.3) is 0 Å². The molecule has 20 aromatic carbocycles.